The van der Waals surface area contributed by atoms with Crippen LogP contribution in [0.25, 0.3) is 0 Å². The Labute approximate surface area is 49.6 Å². The largest absolute Gasteiger partial charge is 0.511 e. The third-order valence-electron chi connectivity index (χ3n) is 0.479. The van der Waals surface area contributed by atoms with Crippen molar-refractivity contribution in [2.45, 2.75) is 0 Å². The first-order valence-corrected chi connectivity index (χ1v) is 4.30. The Morgan fingerprint density at radius 3 is 2.00 bits per heavy atom. The zero-order valence-corrected chi connectivity index (χ0v) is 5.62. The van der Waals surface area contributed by atoms with Crippen LogP contribution in [0.3, 0.4) is 0 Å². The van der Waals surface area contributed by atoms with Gasteiger partial charge in [0.05, 0.1) is 5.00 Å². The molecule has 0 amide bonds. The van der Waals surface area contributed by atoms with Crippen molar-refractivity contribution in [3.63, 3.8) is 0 Å². The van der Waals surface area contributed by atoms with Crippen LogP contribution in [0.2, 0.25) is 0 Å². The molecular weight excluding hydrogens is 172 g/mol. The van der Waals surface area contributed by atoms with Gasteiger partial charge in [-0.2, -0.15) is 9.25 Å². The van der Waals surface area contributed by atoms with Crippen LogP contribution >= 0.6 is 15.7 Å². The molecule has 0 saturated carbocycles. The first-order valence-electron chi connectivity index (χ1n) is 1.68. The lowest BCUT2D eigenvalue weighted by Crippen LogP contribution is -2.23. The molecule has 0 aromatic heterocycles. The van der Waals surface area contributed by atoms with Gasteiger partial charge < -0.3 is 4.89 Å². The molecule has 0 atom stereocenters. The van der Waals surface area contributed by atoms with Gasteiger partial charge >= 0.3 is 15.7 Å². The van der Waals surface area contributed by atoms with Gasteiger partial charge in [-0.3, -0.25) is 0 Å². The maximum atomic E-state index is 9.99. The minimum absolute atomic E-state index is 0.0594. The number of hydrogen-bond donors (Lipinski definition) is 1. The van der Waals surface area contributed by atoms with Crippen LogP contribution in [0.15, 0.2) is 0 Å². The highest BCUT2D eigenvalue weighted by atomic mass is 31.2. The molecule has 1 aliphatic rings. The van der Waals surface area contributed by atoms with Gasteiger partial charge in [0.25, 0.3) is 0 Å². The van der Waals surface area contributed by atoms with Crippen LogP contribution in [0.1, 0.15) is 0 Å². The lowest BCUT2D eigenvalue weighted by Gasteiger charge is -2.24. The molecule has 9 heavy (non-hydrogen) atoms. The van der Waals surface area contributed by atoms with Crippen molar-refractivity contribution in [2.24, 2.45) is 0 Å². The smallest absolute Gasteiger partial charge is 0.300 e. The van der Waals surface area contributed by atoms with E-state index in [9.17, 15) is 13.7 Å². The van der Waals surface area contributed by atoms with Crippen molar-refractivity contribution in [1.29, 1.82) is 0 Å². The molecule has 0 aromatic rings. The van der Waals surface area contributed by atoms with E-state index < -0.39 is 15.7 Å². The predicted octanol–water partition coefficient (Wildman–Crippen LogP) is 0.353. The lowest BCUT2D eigenvalue weighted by molar-refractivity contribution is -0.281. The molecule has 1 N–H and O–H groups in total. The van der Waals surface area contributed by atoms with Gasteiger partial charge in [0.2, 0.25) is 0 Å². The minimum atomic E-state index is -4.03. The van der Waals surface area contributed by atoms with E-state index in [2.05, 4.69) is 9.25 Å². The second-order valence-corrected chi connectivity index (χ2v) is 3.17. The highest BCUT2D eigenvalue weighted by Gasteiger charge is 2.45. The summed E-state index contributed by atoms with van der Waals surface area (Å²) < 4.78 is 36.9. The summed E-state index contributed by atoms with van der Waals surface area (Å²) in [5.74, 6) is 0. The summed E-state index contributed by atoms with van der Waals surface area (Å²) >= 11 is 0. The quantitative estimate of drug-likeness (QED) is 0.571. The van der Waals surface area contributed by atoms with E-state index in [1.54, 1.807) is 0 Å². The van der Waals surface area contributed by atoms with Crippen molar-refractivity contribution in [2.75, 3.05) is 0 Å². The Hall–Kier alpha value is -0.0300. The minimum Gasteiger partial charge on any atom is -0.300 e. The third kappa shape index (κ3) is 1.46. The Kier molecular flexibility index (Phi) is 1.56. The molecule has 9 heteroatoms. The van der Waals surface area contributed by atoms with Crippen molar-refractivity contribution < 1.29 is 27.8 Å². The topological polar surface area (TPSA) is 93.1 Å². The molecule has 0 spiro atoms. The normalized spacial score (nSPS) is 25.0. The summed E-state index contributed by atoms with van der Waals surface area (Å²) in [5.41, 5.74) is 0. The van der Waals surface area contributed by atoms with Crippen molar-refractivity contribution in [3.05, 3.63) is 0 Å². The Morgan fingerprint density at radius 2 is 1.89 bits per heavy atom. The molecule has 1 fully saturated rings. The van der Waals surface area contributed by atoms with Crippen LogP contribution in [0.4, 0.5) is 0 Å². The third-order valence-corrected chi connectivity index (χ3v) is 1.88. The van der Waals surface area contributed by atoms with E-state index in [-0.39, 0.29) is 5.00 Å². The second kappa shape index (κ2) is 1.98. The van der Waals surface area contributed by atoms with Gasteiger partial charge in [0.15, 0.2) is 0 Å². The molecule has 1 rings (SSSR count). The van der Waals surface area contributed by atoms with E-state index >= 15 is 0 Å². The molecule has 1 heterocycles. The van der Waals surface area contributed by atoms with Crippen molar-refractivity contribution in [1.82, 2.24) is 5.00 Å². The first-order chi connectivity index (χ1) is 4.01. The average molecular weight is 173 g/mol. The molecule has 0 bridgehead atoms. The highest BCUT2D eigenvalue weighted by molar-refractivity contribution is 7.49. The molecule has 52 valence electrons. The van der Waals surface area contributed by atoms with Gasteiger partial charge in [-0.25, -0.2) is 13.7 Å². The summed E-state index contributed by atoms with van der Waals surface area (Å²) in [5, 5.41) is 0. The summed E-state index contributed by atoms with van der Waals surface area (Å²) in [6.07, 6.45) is 0. The highest BCUT2D eigenvalue weighted by Crippen LogP contribution is 2.57. The van der Waals surface area contributed by atoms with Gasteiger partial charge in [-0.15, -0.1) is 0 Å². The molecular formula is HNO6P2. The van der Waals surface area contributed by atoms with Gasteiger partial charge in [-0.05, 0) is 0 Å². The first kappa shape index (κ1) is 7.08. The maximum absolute atomic E-state index is 9.99. The van der Waals surface area contributed by atoms with E-state index in [4.69, 9.17) is 4.89 Å². The van der Waals surface area contributed by atoms with Crippen LogP contribution < -0.4 is 0 Å². The van der Waals surface area contributed by atoms with Gasteiger partial charge in [-0.1, -0.05) is 0 Å². The van der Waals surface area contributed by atoms with E-state index in [0.29, 0.717) is 0 Å². The maximum Gasteiger partial charge on any atom is 0.511 e. The van der Waals surface area contributed by atoms with E-state index in [1.807, 2.05) is 0 Å². The van der Waals surface area contributed by atoms with Crippen molar-refractivity contribution in [3.8, 4) is 0 Å². The zero-order chi connectivity index (χ0) is 7.07. The molecule has 0 unspecified atom stereocenters. The van der Waals surface area contributed by atoms with Crippen molar-refractivity contribution >= 4 is 15.7 Å². The molecule has 0 aromatic carbocycles. The molecule has 7 nitrogen and oxygen atoms in total. The number of nitrogens with zero attached hydrogens (tertiary/aromatic N) is 1. The summed E-state index contributed by atoms with van der Waals surface area (Å²) in [4.78, 5) is 8.08. The van der Waals surface area contributed by atoms with E-state index in [0.717, 1.165) is 0 Å². The molecule has 0 aliphatic carbocycles. The van der Waals surface area contributed by atoms with Gasteiger partial charge in [0.1, 0.15) is 0 Å². The lowest BCUT2D eigenvalue weighted by atomic mass is 13.2. The summed E-state index contributed by atoms with van der Waals surface area (Å²) in [7, 11) is -7.11. The molecule has 1 aliphatic heterocycles. The van der Waals surface area contributed by atoms with Gasteiger partial charge in [0, 0.05) is 0 Å². The fraction of sp³-hybridized carbons (Fsp3) is 0. The number of hydrogen-bond acceptors (Lipinski definition) is 5. The zero-order valence-electron chi connectivity index (χ0n) is 3.83. The van der Waals surface area contributed by atoms with E-state index in [1.165, 1.54) is 0 Å². The predicted molar refractivity (Wildman–Crippen MR) is 22.1 cm³/mol. The second-order valence-electron chi connectivity index (χ2n) is 1.11. The summed E-state index contributed by atoms with van der Waals surface area (Å²) in [6.45, 7) is 0. The van der Waals surface area contributed by atoms with Crippen LogP contribution in [-0.2, 0) is 22.9 Å². The van der Waals surface area contributed by atoms with Crippen LogP contribution in [0, 0.1) is 0 Å². The average Bonchev–Trinajstić information content (AvgIpc) is 1.59. The standard InChI is InChI=1S/HNO6P2/c2-8(3)1-6-9(4,5)7-1/h(H,4,5). The fourth-order valence-corrected chi connectivity index (χ4v) is 1.64. The molecule has 1 saturated heterocycles. The van der Waals surface area contributed by atoms with Crippen LogP contribution in [-0.4, -0.2) is 9.89 Å². The molecule has 0 radical (unpaired) electrons. The summed E-state index contributed by atoms with van der Waals surface area (Å²) in [6, 6.07) is 0. The number of rotatable bonds is 1. The number of phosphoric acid groups is 1. The SMILES string of the molecule is O=P(=O)N1OP(=O)(O)O1. The van der Waals surface area contributed by atoms with Crippen LogP contribution in [0.5, 0.6) is 0 Å². The Balaban J connectivity index is 2.54. The monoisotopic (exact) mass is 173 g/mol. The Morgan fingerprint density at radius 1 is 1.44 bits per heavy atom. The Bertz CT molecular complexity index is 209. The fourth-order valence-electron chi connectivity index (χ4n) is 0.242.